The van der Waals surface area contributed by atoms with Crippen LogP contribution in [0, 0.1) is 0 Å². The SMILES string of the molecule is O=Cc1ccc(NC(C(=O)O)C(=O)O)cc1. The van der Waals surface area contributed by atoms with Crippen LogP contribution in [-0.2, 0) is 9.59 Å². The van der Waals surface area contributed by atoms with Crippen LogP contribution in [0.4, 0.5) is 5.69 Å². The Balaban J connectivity index is 2.81. The lowest BCUT2D eigenvalue weighted by atomic mass is 10.2. The molecule has 16 heavy (non-hydrogen) atoms. The summed E-state index contributed by atoms with van der Waals surface area (Å²) in [5.41, 5.74) is 0.744. The molecule has 0 aromatic heterocycles. The monoisotopic (exact) mass is 223 g/mol. The van der Waals surface area contributed by atoms with Gasteiger partial charge < -0.3 is 15.5 Å². The smallest absolute Gasteiger partial charge is 0.337 e. The van der Waals surface area contributed by atoms with Crippen LogP contribution in [0.25, 0.3) is 0 Å². The third-order valence-electron chi connectivity index (χ3n) is 1.85. The van der Waals surface area contributed by atoms with Gasteiger partial charge in [0.1, 0.15) is 6.29 Å². The lowest BCUT2D eigenvalue weighted by molar-refractivity contribution is -0.148. The molecule has 1 rings (SSSR count). The number of carbonyl (C=O) groups is 3. The normalized spacial score (nSPS) is 9.81. The molecule has 0 amide bonds. The summed E-state index contributed by atoms with van der Waals surface area (Å²) in [5.74, 6) is -2.96. The summed E-state index contributed by atoms with van der Waals surface area (Å²) < 4.78 is 0. The second kappa shape index (κ2) is 4.92. The average molecular weight is 223 g/mol. The van der Waals surface area contributed by atoms with Gasteiger partial charge in [0.25, 0.3) is 0 Å². The highest BCUT2D eigenvalue weighted by molar-refractivity contribution is 6.00. The van der Waals surface area contributed by atoms with Gasteiger partial charge in [0.05, 0.1) is 0 Å². The molecule has 0 radical (unpaired) electrons. The predicted octanol–water partition coefficient (Wildman–Crippen LogP) is 0.449. The first kappa shape index (κ1) is 11.7. The lowest BCUT2D eigenvalue weighted by Gasteiger charge is -2.11. The highest BCUT2D eigenvalue weighted by atomic mass is 16.4. The number of aliphatic carboxylic acids is 2. The maximum atomic E-state index is 10.6. The quantitative estimate of drug-likeness (QED) is 0.494. The van der Waals surface area contributed by atoms with Crippen molar-refractivity contribution >= 4 is 23.9 Å². The third kappa shape index (κ3) is 2.81. The fourth-order valence-corrected chi connectivity index (χ4v) is 1.05. The molecule has 84 valence electrons. The fourth-order valence-electron chi connectivity index (χ4n) is 1.05. The van der Waals surface area contributed by atoms with E-state index in [1.165, 1.54) is 24.3 Å². The maximum absolute atomic E-state index is 10.6. The summed E-state index contributed by atoms with van der Waals surface area (Å²) in [6.45, 7) is 0. The Bertz CT molecular complexity index is 398. The number of nitrogens with one attached hydrogen (secondary N) is 1. The second-order valence-corrected chi connectivity index (χ2v) is 2.99. The zero-order valence-electron chi connectivity index (χ0n) is 8.08. The van der Waals surface area contributed by atoms with E-state index in [0.717, 1.165) is 0 Å². The summed E-state index contributed by atoms with van der Waals surface area (Å²) in [6.07, 6.45) is 0.635. The molecular weight excluding hydrogens is 214 g/mol. The van der Waals surface area contributed by atoms with Crippen molar-refractivity contribution in [3.05, 3.63) is 29.8 Å². The Hall–Kier alpha value is -2.37. The minimum atomic E-state index is -1.71. The molecule has 0 aliphatic carbocycles. The Morgan fingerprint density at radius 3 is 2.00 bits per heavy atom. The Morgan fingerprint density at radius 2 is 1.62 bits per heavy atom. The van der Waals surface area contributed by atoms with Gasteiger partial charge in [-0.25, -0.2) is 9.59 Å². The van der Waals surface area contributed by atoms with Gasteiger partial charge in [-0.15, -0.1) is 0 Å². The van der Waals surface area contributed by atoms with Gasteiger partial charge >= 0.3 is 11.9 Å². The minimum Gasteiger partial charge on any atom is -0.479 e. The molecule has 6 heteroatoms. The van der Waals surface area contributed by atoms with E-state index in [0.29, 0.717) is 17.5 Å². The van der Waals surface area contributed by atoms with E-state index < -0.39 is 18.0 Å². The molecule has 3 N–H and O–H groups in total. The van der Waals surface area contributed by atoms with Crippen molar-refractivity contribution in [2.24, 2.45) is 0 Å². The highest BCUT2D eigenvalue weighted by Gasteiger charge is 2.25. The zero-order valence-corrected chi connectivity index (χ0v) is 8.08. The van der Waals surface area contributed by atoms with Crippen molar-refractivity contribution in [1.82, 2.24) is 0 Å². The molecule has 0 saturated carbocycles. The van der Waals surface area contributed by atoms with Crippen molar-refractivity contribution in [2.45, 2.75) is 6.04 Å². The standard InChI is InChI=1S/C10H9NO5/c12-5-6-1-3-7(4-2-6)11-8(9(13)14)10(15)16/h1-5,8,11H,(H,13,14)(H,15,16). The number of carboxylic acid groups (broad SMARTS) is 2. The topological polar surface area (TPSA) is 104 Å². The van der Waals surface area contributed by atoms with Crippen LogP contribution < -0.4 is 5.32 Å². The summed E-state index contributed by atoms with van der Waals surface area (Å²) in [7, 11) is 0. The first-order chi connectivity index (χ1) is 7.54. The number of aldehydes is 1. The Morgan fingerprint density at radius 1 is 1.12 bits per heavy atom. The molecular formula is C10H9NO5. The van der Waals surface area contributed by atoms with Gasteiger partial charge in [0.2, 0.25) is 6.04 Å². The number of benzene rings is 1. The van der Waals surface area contributed by atoms with Crippen molar-refractivity contribution < 1.29 is 24.6 Å². The molecule has 0 atom stereocenters. The Kier molecular flexibility index (Phi) is 3.60. The van der Waals surface area contributed by atoms with E-state index in [1.54, 1.807) is 0 Å². The molecule has 0 heterocycles. The predicted molar refractivity (Wildman–Crippen MR) is 54.5 cm³/mol. The first-order valence-corrected chi connectivity index (χ1v) is 4.32. The molecule has 0 fully saturated rings. The number of rotatable bonds is 5. The van der Waals surface area contributed by atoms with Crippen LogP contribution in [0.3, 0.4) is 0 Å². The van der Waals surface area contributed by atoms with E-state index in [2.05, 4.69) is 5.32 Å². The van der Waals surface area contributed by atoms with E-state index in [9.17, 15) is 14.4 Å². The van der Waals surface area contributed by atoms with Gasteiger partial charge in [-0.3, -0.25) is 4.79 Å². The van der Waals surface area contributed by atoms with E-state index in [-0.39, 0.29) is 0 Å². The Labute approximate surface area is 90.5 Å². The fraction of sp³-hybridized carbons (Fsp3) is 0.100. The van der Waals surface area contributed by atoms with Gasteiger partial charge in [-0.1, -0.05) is 0 Å². The van der Waals surface area contributed by atoms with Gasteiger partial charge in [-0.05, 0) is 24.3 Å². The van der Waals surface area contributed by atoms with Gasteiger partial charge in [-0.2, -0.15) is 0 Å². The maximum Gasteiger partial charge on any atom is 0.337 e. The van der Waals surface area contributed by atoms with E-state index in [4.69, 9.17) is 10.2 Å². The molecule has 0 bridgehead atoms. The van der Waals surface area contributed by atoms with Crippen LogP contribution >= 0.6 is 0 Å². The molecule has 1 aromatic rings. The first-order valence-electron chi connectivity index (χ1n) is 4.32. The summed E-state index contributed by atoms with van der Waals surface area (Å²) in [5, 5.41) is 19.5. The van der Waals surface area contributed by atoms with Crippen LogP contribution in [0.2, 0.25) is 0 Å². The summed E-state index contributed by atoms with van der Waals surface area (Å²) in [6, 6.07) is 4.07. The van der Waals surface area contributed by atoms with Gasteiger partial charge in [0, 0.05) is 11.3 Å². The van der Waals surface area contributed by atoms with Crippen LogP contribution in [0.5, 0.6) is 0 Å². The van der Waals surface area contributed by atoms with Crippen molar-refractivity contribution in [3.8, 4) is 0 Å². The average Bonchev–Trinajstić information content (AvgIpc) is 2.25. The molecule has 0 saturated heterocycles. The number of anilines is 1. The summed E-state index contributed by atoms with van der Waals surface area (Å²) in [4.78, 5) is 31.5. The van der Waals surface area contributed by atoms with Crippen molar-refractivity contribution in [2.75, 3.05) is 5.32 Å². The number of hydrogen-bond donors (Lipinski definition) is 3. The van der Waals surface area contributed by atoms with Crippen molar-refractivity contribution in [1.29, 1.82) is 0 Å². The number of carbonyl (C=O) groups excluding carboxylic acids is 1. The van der Waals surface area contributed by atoms with E-state index in [1.807, 2.05) is 0 Å². The molecule has 0 unspecified atom stereocenters. The minimum absolute atomic E-state index is 0.320. The summed E-state index contributed by atoms with van der Waals surface area (Å²) >= 11 is 0. The number of carboxylic acids is 2. The highest BCUT2D eigenvalue weighted by Crippen LogP contribution is 2.09. The molecule has 0 aliphatic rings. The molecule has 6 nitrogen and oxygen atoms in total. The van der Waals surface area contributed by atoms with Crippen LogP contribution in [0.15, 0.2) is 24.3 Å². The lowest BCUT2D eigenvalue weighted by Crippen LogP contribution is -2.37. The molecule has 0 spiro atoms. The molecule has 1 aromatic carbocycles. The number of hydrogen-bond acceptors (Lipinski definition) is 4. The second-order valence-electron chi connectivity index (χ2n) is 2.99. The van der Waals surface area contributed by atoms with Crippen LogP contribution in [-0.4, -0.2) is 34.5 Å². The molecule has 0 aliphatic heterocycles. The van der Waals surface area contributed by atoms with Crippen LogP contribution in [0.1, 0.15) is 10.4 Å². The van der Waals surface area contributed by atoms with E-state index >= 15 is 0 Å². The van der Waals surface area contributed by atoms with Gasteiger partial charge in [0.15, 0.2) is 0 Å². The zero-order chi connectivity index (χ0) is 12.1. The van der Waals surface area contributed by atoms with Crippen molar-refractivity contribution in [3.63, 3.8) is 0 Å². The largest absolute Gasteiger partial charge is 0.479 e. The third-order valence-corrected chi connectivity index (χ3v) is 1.85.